The molecule has 1 aliphatic rings. The summed E-state index contributed by atoms with van der Waals surface area (Å²) >= 11 is 0. The Morgan fingerprint density at radius 3 is 2.27 bits per heavy atom. The van der Waals surface area contributed by atoms with E-state index < -0.39 is 11.2 Å². The summed E-state index contributed by atoms with van der Waals surface area (Å²) in [5, 5.41) is 0. The molecule has 0 saturated carbocycles. The van der Waals surface area contributed by atoms with Gasteiger partial charge in [0.25, 0.3) is 0 Å². The van der Waals surface area contributed by atoms with Crippen molar-refractivity contribution < 1.29 is 19.1 Å². The summed E-state index contributed by atoms with van der Waals surface area (Å²) in [5.74, 6) is -0.0113. The molecular weight excluding hydrogens is 282 g/mol. The molecule has 0 atom stereocenters. The number of hydrogen-bond donors (Lipinski definition) is 0. The molecule has 2 rings (SSSR count). The molecular formula is C17H23NO4. The lowest BCUT2D eigenvalue weighted by atomic mass is 9.82. The van der Waals surface area contributed by atoms with Crippen molar-refractivity contribution in [3.63, 3.8) is 0 Å². The second kappa shape index (κ2) is 5.72. The van der Waals surface area contributed by atoms with E-state index in [1.165, 1.54) is 6.92 Å². The van der Waals surface area contributed by atoms with Crippen molar-refractivity contribution in [1.82, 2.24) is 4.90 Å². The number of ketones is 1. The molecule has 0 N–H and O–H groups in total. The van der Waals surface area contributed by atoms with Gasteiger partial charge in [0, 0.05) is 12.7 Å². The minimum Gasteiger partial charge on any atom is -0.444 e. The van der Waals surface area contributed by atoms with Crippen LogP contribution < -0.4 is 0 Å². The molecule has 1 aromatic carbocycles. The molecule has 1 amide bonds. The van der Waals surface area contributed by atoms with Gasteiger partial charge in [-0.2, -0.15) is 0 Å². The zero-order valence-corrected chi connectivity index (χ0v) is 13.8. The van der Waals surface area contributed by atoms with Gasteiger partial charge in [0.15, 0.2) is 5.78 Å². The fourth-order valence-electron chi connectivity index (χ4n) is 2.62. The minimum absolute atomic E-state index is 0.0113. The van der Waals surface area contributed by atoms with E-state index in [-0.39, 0.29) is 11.9 Å². The Morgan fingerprint density at radius 1 is 1.18 bits per heavy atom. The lowest BCUT2D eigenvalue weighted by Crippen LogP contribution is -2.63. The third-order valence-electron chi connectivity index (χ3n) is 3.73. The minimum atomic E-state index is -0.640. The summed E-state index contributed by atoms with van der Waals surface area (Å²) < 4.78 is 11.0. The quantitative estimate of drug-likeness (QED) is 0.806. The van der Waals surface area contributed by atoms with Crippen molar-refractivity contribution >= 4 is 11.9 Å². The number of carbonyl (C=O) groups is 2. The largest absolute Gasteiger partial charge is 0.444 e. The monoisotopic (exact) mass is 305 g/mol. The van der Waals surface area contributed by atoms with Gasteiger partial charge in [0.05, 0.1) is 13.1 Å². The van der Waals surface area contributed by atoms with Crippen molar-refractivity contribution in [3.8, 4) is 0 Å². The van der Waals surface area contributed by atoms with Gasteiger partial charge in [-0.1, -0.05) is 24.3 Å². The molecule has 0 bridgehead atoms. The molecule has 1 aliphatic heterocycles. The van der Waals surface area contributed by atoms with Gasteiger partial charge < -0.3 is 14.4 Å². The van der Waals surface area contributed by atoms with Crippen LogP contribution in [0.5, 0.6) is 0 Å². The van der Waals surface area contributed by atoms with Crippen molar-refractivity contribution in [3.05, 3.63) is 35.4 Å². The van der Waals surface area contributed by atoms with Crippen LogP contribution in [0.4, 0.5) is 4.79 Å². The average molecular weight is 305 g/mol. The number of likely N-dealkylation sites (tertiary alicyclic amines) is 1. The Bertz CT molecular complexity index is 583. The zero-order valence-electron chi connectivity index (χ0n) is 13.8. The Morgan fingerprint density at radius 2 is 1.77 bits per heavy atom. The van der Waals surface area contributed by atoms with Crippen LogP contribution in [0.25, 0.3) is 0 Å². The van der Waals surface area contributed by atoms with Crippen LogP contribution in [0, 0.1) is 0 Å². The summed E-state index contributed by atoms with van der Waals surface area (Å²) in [6.45, 7) is 7.79. The smallest absolute Gasteiger partial charge is 0.410 e. The number of ether oxygens (including phenoxy) is 2. The number of amides is 1. The first-order valence-corrected chi connectivity index (χ1v) is 7.32. The first-order chi connectivity index (χ1) is 10.2. The van der Waals surface area contributed by atoms with Gasteiger partial charge in [-0.25, -0.2) is 4.79 Å². The van der Waals surface area contributed by atoms with Crippen molar-refractivity contribution in [1.29, 1.82) is 0 Å². The number of benzene rings is 1. The fourth-order valence-corrected chi connectivity index (χ4v) is 2.62. The Balaban J connectivity index is 2.19. The van der Waals surface area contributed by atoms with E-state index in [4.69, 9.17) is 9.47 Å². The van der Waals surface area contributed by atoms with Crippen molar-refractivity contribution in [2.75, 3.05) is 20.2 Å². The Kier molecular flexibility index (Phi) is 4.29. The highest BCUT2D eigenvalue weighted by molar-refractivity contribution is 5.96. The van der Waals surface area contributed by atoms with Crippen LogP contribution in [0.3, 0.4) is 0 Å². The summed E-state index contributed by atoms with van der Waals surface area (Å²) in [7, 11) is 1.60. The second-order valence-corrected chi connectivity index (χ2v) is 6.64. The number of methoxy groups -OCH3 is 1. The van der Waals surface area contributed by atoms with Gasteiger partial charge in [0.1, 0.15) is 11.2 Å². The highest BCUT2D eigenvalue weighted by Crippen LogP contribution is 2.38. The third-order valence-corrected chi connectivity index (χ3v) is 3.73. The standard InChI is InChI=1S/C17H23NO4/c1-12(19)13-8-6-7-9-14(13)17(21-5)10-18(11-17)15(20)22-16(2,3)4/h6-9H,10-11H2,1-5H3. The molecule has 1 heterocycles. The lowest BCUT2D eigenvalue weighted by molar-refractivity contribution is -0.127. The normalized spacial score (nSPS) is 16.9. The predicted octanol–water partition coefficient (Wildman–Crippen LogP) is 2.98. The Hall–Kier alpha value is -1.88. The third kappa shape index (κ3) is 3.14. The van der Waals surface area contributed by atoms with Crippen LogP contribution in [-0.2, 0) is 15.1 Å². The van der Waals surface area contributed by atoms with Gasteiger partial charge in [-0.3, -0.25) is 4.79 Å². The number of rotatable bonds is 3. The molecule has 120 valence electrons. The first-order valence-electron chi connectivity index (χ1n) is 7.32. The molecule has 5 heteroatoms. The van der Waals surface area contributed by atoms with Crippen LogP contribution in [0.2, 0.25) is 0 Å². The molecule has 0 spiro atoms. The molecule has 1 aromatic rings. The van der Waals surface area contributed by atoms with Gasteiger partial charge in [0.2, 0.25) is 0 Å². The summed E-state index contributed by atoms with van der Waals surface area (Å²) in [4.78, 5) is 25.5. The summed E-state index contributed by atoms with van der Waals surface area (Å²) in [6, 6.07) is 7.37. The Labute approximate surface area is 131 Å². The van der Waals surface area contributed by atoms with E-state index in [1.807, 2.05) is 39.0 Å². The highest BCUT2D eigenvalue weighted by Gasteiger charge is 2.49. The zero-order chi connectivity index (χ0) is 16.5. The average Bonchev–Trinajstić information content (AvgIpc) is 2.36. The SMILES string of the molecule is COC1(c2ccccc2C(C)=O)CN(C(=O)OC(C)(C)C)C1. The molecule has 5 nitrogen and oxygen atoms in total. The van der Waals surface area contributed by atoms with Crippen LogP contribution in [-0.4, -0.2) is 42.6 Å². The van der Waals surface area contributed by atoms with Gasteiger partial charge >= 0.3 is 6.09 Å². The highest BCUT2D eigenvalue weighted by atomic mass is 16.6. The first kappa shape index (κ1) is 16.5. The number of Topliss-reactive ketones (excluding diaryl/α,β-unsaturated/α-hetero) is 1. The van der Waals surface area contributed by atoms with Crippen LogP contribution >= 0.6 is 0 Å². The van der Waals surface area contributed by atoms with Gasteiger partial charge in [-0.15, -0.1) is 0 Å². The van der Waals surface area contributed by atoms with Crippen LogP contribution in [0.15, 0.2) is 24.3 Å². The van der Waals surface area contributed by atoms with E-state index in [0.29, 0.717) is 18.7 Å². The van der Waals surface area contributed by atoms with E-state index in [0.717, 1.165) is 5.56 Å². The van der Waals surface area contributed by atoms with Crippen molar-refractivity contribution in [2.45, 2.75) is 38.9 Å². The maximum Gasteiger partial charge on any atom is 0.410 e. The van der Waals surface area contributed by atoms with Gasteiger partial charge in [-0.05, 0) is 33.3 Å². The van der Waals surface area contributed by atoms with Crippen molar-refractivity contribution in [2.24, 2.45) is 0 Å². The summed E-state index contributed by atoms with van der Waals surface area (Å²) in [6.07, 6.45) is -0.361. The molecule has 1 saturated heterocycles. The summed E-state index contributed by atoms with van der Waals surface area (Å²) in [5.41, 5.74) is 0.289. The molecule has 0 unspecified atom stereocenters. The molecule has 22 heavy (non-hydrogen) atoms. The topological polar surface area (TPSA) is 55.8 Å². The lowest BCUT2D eigenvalue weighted by Gasteiger charge is -2.49. The fraction of sp³-hybridized carbons (Fsp3) is 0.529. The molecule has 0 aliphatic carbocycles. The molecule has 0 radical (unpaired) electrons. The second-order valence-electron chi connectivity index (χ2n) is 6.64. The van der Waals surface area contributed by atoms with E-state index in [9.17, 15) is 9.59 Å². The van der Waals surface area contributed by atoms with Crippen LogP contribution in [0.1, 0.15) is 43.6 Å². The van der Waals surface area contributed by atoms with E-state index >= 15 is 0 Å². The number of carbonyl (C=O) groups excluding carboxylic acids is 2. The van der Waals surface area contributed by atoms with E-state index in [2.05, 4.69) is 0 Å². The number of nitrogens with zero attached hydrogens (tertiary/aromatic N) is 1. The molecule has 1 fully saturated rings. The maximum atomic E-state index is 12.1. The van der Waals surface area contributed by atoms with E-state index in [1.54, 1.807) is 18.1 Å². The maximum absolute atomic E-state index is 12.1. The number of hydrogen-bond acceptors (Lipinski definition) is 4. The predicted molar refractivity (Wildman–Crippen MR) is 82.9 cm³/mol. The molecule has 0 aromatic heterocycles.